The predicted octanol–water partition coefficient (Wildman–Crippen LogP) is 19.7. The van der Waals surface area contributed by atoms with Crippen LogP contribution in [0, 0.1) is 0 Å². The molecule has 0 aliphatic rings. The molecule has 0 fully saturated rings. The summed E-state index contributed by atoms with van der Waals surface area (Å²) in [6.07, 6.45) is 77.3. The molecule has 0 radical (unpaired) electrons. The van der Waals surface area contributed by atoms with E-state index in [1.807, 2.05) is 12.2 Å². The van der Waals surface area contributed by atoms with Crippen LogP contribution in [0.15, 0.2) is 72.9 Å². The van der Waals surface area contributed by atoms with Gasteiger partial charge < -0.3 is 20.1 Å². The highest BCUT2D eigenvalue weighted by molar-refractivity contribution is 7.47. The van der Waals surface area contributed by atoms with E-state index >= 15 is 0 Å². The van der Waals surface area contributed by atoms with Crippen LogP contribution in [0.2, 0.25) is 0 Å². The Balaban J connectivity index is 3.89. The van der Waals surface area contributed by atoms with Crippen molar-refractivity contribution in [2.24, 2.45) is 5.73 Å². The molecule has 430 valence electrons. The first kappa shape index (κ1) is 71.5. The number of rotatable bonds is 58. The molecule has 0 saturated carbocycles. The number of phosphoric acid groups is 1. The summed E-state index contributed by atoms with van der Waals surface area (Å²) in [6.45, 7) is 3.57. The molecule has 10 heteroatoms. The van der Waals surface area contributed by atoms with Crippen LogP contribution >= 0.6 is 7.82 Å². The van der Waals surface area contributed by atoms with Gasteiger partial charge >= 0.3 is 19.8 Å². The molecule has 0 aromatic heterocycles. The second-order valence-corrected chi connectivity index (χ2v) is 22.0. The molecule has 0 rings (SSSR count). The third-order valence-electron chi connectivity index (χ3n) is 13.4. The predicted molar refractivity (Wildman–Crippen MR) is 316 cm³/mol. The third-order valence-corrected chi connectivity index (χ3v) is 14.4. The van der Waals surface area contributed by atoms with Crippen molar-refractivity contribution < 1.29 is 37.6 Å². The van der Waals surface area contributed by atoms with Crippen LogP contribution in [0.5, 0.6) is 0 Å². The van der Waals surface area contributed by atoms with Crippen molar-refractivity contribution in [3.8, 4) is 0 Å². The van der Waals surface area contributed by atoms with Gasteiger partial charge in [0.15, 0.2) is 6.10 Å². The summed E-state index contributed by atoms with van der Waals surface area (Å²) in [6, 6.07) is 0. The van der Waals surface area contributed by atoms with Crippen LogP contribution in [0.4, 0.5) is 0 Å². The van der Waals surface area contributed by atoms with Gasteiger partial charge in [0, 0.05) is 19.4 Å². The van der Waals surface area contributed by atoms with Crippen LogP contribution < -0.4 is 5.73 Å². The number of carbonyl (C=O) groups excluding carboxylic acids is 2. The van der Waals surface area contributed by atoms with Crippen molar-refractivity contribution in [1.29, 1.82) is 0 Å². The van der Waals surface area contributed by atoms with Gasteiger partial charge in [-0.1, -0.05) is 299 Å². The Morgan fingerprint density at radius 1 is 0.419 bits per heavy atom. The summed E-state index contributed by atoms with van der Waals surface area (Å²) >= 11 is 0. The third kappa shape index (κ3) is 58.7. The smallest absolute Gasteiger partial charge is 0.462 e. The quantitative estimate of drug-likeness (QED) is 0.0264. The van der Waals surface area contributed by atoms with Crippen molar-refractivity contribution in [3.05, 3.63) is 72.9 Å². The Kier molecular flexibility index (Phi) is 57.6. The molecule has 0 aliphatic heterocycles. The molecule has 0 spiro atoms. The Labute approximate surface area is 456 Å². The van der Waals surface area contributed by atoms with Crippen molar-refractivity contribution in [1.82, 2.24) is 0 Å². The van der Waals surface area contributed by atoms with E-state index in [2.05, 4.69) is 74.6 Å². The molecule has 2 unspecified atom stereocenters. The first-order valence-electron chi connectivity index (χ1n) is 30.9. The van der Waals surface area contributed by atoms with Gasteiger partial charge in [-0.05, 0) is 51.4 Å². The highest BCUT2D eigenvalue weighted by Crippen LogP contribution is 2.43. The van der Waals surface area contributed by atoms with Gasteiger partial charge in [-0.2, -0.15) is 0 Å². The largest absolute Gasteiger partial charge is 0.472 e. The van der Waals surface area contributed by atoms with Gasteiger partial charge in [0.25, 0.3) is 0 Å². The Morgan fingerprint density at radius 2 is 0.743 bits per heavy atom. The molecule has 9 nitrogen and oxygen atoms in total. The lowest BCUT2D eigenvalue weighted by molar-refractivity contribution is -0.161. The zero-order chi connectivity index (χ0) is 53.8. The standard InChI is InChI=1S/C64H116NO8P/c1-3-5-7-9-11-13-15-17-19-21-23-24-25-26-27-28-29-30-31-32-33-34-35-36-37-39-40-42-44-46-48-50-52-54-56-63(66)70-60-62(61-72-74(68,69)71-59-58-65)73-64(67)57-55-53-51-49-47-45-43-41-38-22-20-18-16-14-12-10-8-6-4-2/h6,8,12,14,18,20,38,41,45,47,51,53,62H,3-5,7,9-11,13,15-17,19,21-37,39-40,42-44,46,48-50,52,54-61,65H2,1-2H3,(H,68,69)/b8-6-,14-12-,20-18-,41-38-,47-45-,53-51-. The fraction of sp³-hybridized carbons (Fsp3) is 0.781. The Bertz CT molecular complexity index is 1440. The van der Waals surface area contributed by atoms with Crippen molar-refractivity contribution >= 4 is 19.8 Å². The molecule has 2 atom stereocenters. The molecule has 0 aromatic rings. The Hall–Kier alpha value is -2.55. The number of phosphoric ester groups is 1. The molecule has 0 aromatic carbocycles. The van der Waals surface area contributed by atoms with Gasteiger partial charge in [0.2, 0.25) is 0 Å². The number of allylic oxidation sites excluding steroid dienone is 12. The molecule has 0 amide bonds. The van der Waals surface area contributed by atoms with E-state index in [1.165, 1.54) is 199 Å². The van der Waals surface area contributed by atoms with Gasteiger partial charge in [-0.25, -0.2) is 4.57 Å². The van der Waals surface area contributed by atoms with E-state index in [-0.39, 0.29) is 32.6 Å². The second-order valence-electron chi connectivity index (χ2n) is 20.6. The van der Waals surface area contributed by atoms with E-state index in [9.17, 15) is 19.0 Å². The summed E-state index contributed by atoms with van der Waals surface area (Å²) in [5.74, 6) is -0.919. The van der Waals surface area contributed by atoms with Crippen molar-refractivity contribution in [2.45, 2.75) is 296 Å². The molecule has 74 heavy (non-hydrogen) atoms. The molecule has 3 N–H and O–H groups in total. The average Bonchev–Trinajstić information content (AvgIpc) is 3.39. The van der Waals surface area contributed by atoms with E-state index < -0.39 is 32.5 Å². The van der Waals surface area contributed by atoms with E-state index in [0.717, 1.165) is 57.8 Å². The zero-order valence-electron chi connectivity index (χ0n) is 48.1. The van der Waals surface area contributed by atoms with Gasteiger partial charge in [-0.3, -0.25) is 18.6 Å². The first-order valence-corrected chi connectivity index (χ1v) is 32.4. The lowest BCUT2D eigenvalue weighted by Crippen LogP contribution is -2.29. The summed E-state index contributed by atoms with van der Waals surface area (Å²) in [5, 5.41) is 0. The number of nitrogens with two attached hydrogens (primary N) is 1. The minimum absolute atomic E-state index is 0.0400. The van der Waals surface area contributed by atoms with Crippen LogP contribution in [0.3, 0.4) is 0 Å². The molecular weight excluding hydrogens is 942 g/mol. The maximum absolute atomic E-state index is 12.6. The number of esters is 2. The number of carbonyl (C=O) groups is 2. The monoisotopic (exact) mass is 1060 g/mol. The van der Waals surface area contributed by atoms with Crippen molar-refractivity contribution in [2.75, 3.05) is 26.4 Å². The fourth-order valence-corrected chi connectivity index (χ4v) is 9.61. The molecule has 0 heterocycles. The minimum atomic E-state index is -4.41. The van der Waals surface area contributed by atoms with E-state index in [4.69, 9.17) is 24.3 Å². The first-order chi connectivity index (χ1) is 36.3. The molecular formula is C64H116NO8P. The second kappa shape index (κ2) is 59.7. The van der Waals surface area contributed by atoms with Crippen LogP contribution in [0.25, 0.3) is 0 Å². The number of ether oxygens (including phenoxy) is 2. The van der Waals surface area contributed by atoms with Crippen LogP contribution in [0.1, 0.15) is 290 Å². The lowest BCUT2D eigenvalue weighted by Gasteiger charge is -2.19. The molecule has 0 bridgehead atoms. The average molecular weight is 1060 g/mol. The van der Waals surface area contributed by atoms with Crippen molar-refractivity contribution in [3.63, 3.8) is 0 Å². The maximum Gasteiger partial charge on any atom is 0.472 e. The maximum atomic E-state index is 12.6. The van der Waals surface area contributed by atoms with Gasteiger partial charge in [0.1, 0.15) is 6.61 Å². The van der Waals surface area contributed by atoms with E-state index in [0.29, 0.717) is 6.42 Å². The van der Waals surface area contributed by atoms with Gasteiger partial charge in [0.05, 0.1) is 13.2 Å². The summed E-state index contributed by atoms with van der Waals surface area (Å²) < 4.78 is 32.9. The molecule has 0 aliphatic carbocycles. The summed E-state index contributed by atoms with van der Waals surface area (Å²) in [7, 11) is -4.41. The van der Waals surface area contributed by atoms with Crippen LogP contribution in [-0.4, -0.2) is 49.3 Å². The normalized spacial score (nSPS) is 13.5. The minimum Gasteiger partial charge on any atom is -0.462 e. The van der Waals surface area contributed by atoms with Crippen LogP contribution in [-0.2, 0) is 32.7 Å². The highest BCUT2D eigenvalue weighted by atomic mass is 31.2. The topological polar surface area (TPSA) is 134 Å². The zero-order valence-corrected chi connectivity index (χ0v) is 49.0. The Morgan fingerprint density at radius 3 is 1.08 bits per heavy atom. The molecule has 0 saturated heterocycles. The van der Waals surface area contributed by atoms with E-state index in [1.54, 1.807) is 0 Å². The number of hydrogen-bond donors (Lipinski definition) is 2. The number of hydrogen-bond acceptors (Lipinski definition) is 8. The lowest BCUT2D eigenvalue weighted by atomic mass is 10.0. The summed E-state index contributed by atoms with van der Waals surface area (Å²) in [5.41, 5.74) is 5.37. The summed E-state index contributed by atoms with van der Waals surface area (Å²) in [4.78, 5) is 35.1. The highest BCUT2D eigenvalue weighted by Gasteiger charge is 2.26. The fourth-order valence-electron chi connectivity index (χ4n) is 8.84. The number of unbranched alkanes of at least 4 members (excludes halogenated alkanes) is 33. The van der Waals surface area contributed by atoms with Gasteiger partial charge in [-0.15, -0.1) is 0 Å². The SMILES string of the molecule is CC/C=C\C/C=C\C/C=C\C/C=C\C/C=C\C/C=C\CCC(=O)OC(COC(=O)CCCCCCCCCCCCCCCCCCCCCCCCCCCCCCCCCCCC)COP(=O)(O)OCCN.